The molecule has 0 unspecified atom stereocenters. The van der Waals surface area contributed by atoms with Crippen LogP contribution in [0, 0.1) is 5.41 Å². The van der Waals surface area contributed by atoms with Crippen LogP contribution in [0.4, 0.5) is 0 Å². The number of esters is 1. The molecule has 6 nitrogen and oxygen atoms in total. The summed E-state index contributed by atoms with van der Waals surface area (Å²) < 4.78 is 28.7. The van der Waals surface area contributed by atoms with Gasteiger partial charge in [0.15, 0.2) is 9.84 Å². The highest BCUT2D eigenvalue weighted by molar-refractivity contribution is 7.92. The zero-order chi connectivity index (χ0) is 15.6. The predicted octanol–water partition coefficient (Wildman–Crippen LogP) is 0.659. The second kappa shape index (κ2) is 5.71. The lowest BCUT2D eigenvalue weighted by Gasteiger charge is -2.21. The summed E-state index contributed by atoms with van der Waals surface area (Å²) in [5.74, 6) is -1.58. The molecule has 0 spiro atoms. The first-order valence-electron chi connectivity index (χ1n) is 6.55. The van der Waals surface area contributed by atoms with Crippen LogP contribution in [0.2, 0.25) is 0 Å². The number of methoxy groups -OCH3 is 1. The summed E-state index contributed by atoms with van der Waals surface area (Å²) in [4.78, 5) is 22.9. The van der Waals surface area contributed by atoms with Crippen molar-refractivity contribution in [2.45, 2.75) is 45.6 Å². The van der Waals surface area contributed by atoms with Gasteiger partial charge in [0.1, 0.15) is 5.75 Å². The molecule has 0 aromatic rings. The Labute approximate surface area is 120 Å². The second-order valence-electron chi connectivity index (χ2n) is 6.58. The van der Waals surface area contributed by atoms with Crippen molar-refractivity contribution >= 4 is 21.7 Å². The number of rotatable bonds is 6. The van der Waals surface area contributed by atoms with Crippen molar-refractivity contribution in [1.29, 1.82) is 0 Å². The highest BCUT2D eigenvalue weighted by Gasteiger charge is 2.48. The highest BCUT2D eigenvalue weighted by Crippen LogP contribution is 2.50. The summed E-state index contributed by atoms with van der Waals surface area (Å²) >= 11 is 0. The van der Waals surface area contributed by atoms with Gasteiger partial charge < -0.3 is 10.1 Å². The number of sulfone groups is 1. The van der Waals surface area contributed by atoms with Crippen molar-refractivity contribution in [1.82, 2.24) is 5.32 Å². The first-order chi connectivity index (χ1) is 8.97. The standard InChI is InChI=1S/C13H23NO5S/c1-12(2,3)14-10(15)8-20(17,18)9-13(5-6-13)7-11(16)19-4/h5-9H2,1-4H3,(H,14,15). The molecule has 0 aromatic heterocycles. The van der Waals surface area contributed by atoms with E-state index in [2.05, 4.69) is 10.1 Å². The Morgan fingerprint density at radius 3 is 2.20 bits per heavy atom. The summed E-state index contributed by atoms with van der Waals surface area (Å²) in [6.07, 6.45) is 1.47. The Bertz CT molecular complexity index is 485. The van der Waals surface area contributed by atoms with Crippen LogP contribution in [0.3, 0.4) is 0 Å². The molecule has 0 heterocycles. The van der Waals surface area contributed by atoms with Gasteiger partial charge in [-0.3, -0.25) is 9.59 Å². The Hall–Kier alpha value is -1.11. The van der Waals surface area contributed by atoms with E-state index in [1.165, 1.54) is 7.11 Å². The Morgan fingerprint density at radius 1 is 1.25 bits per heavy atom. The van der Waals surface area contributed by atoms with Gasteiger partial charge in [-0.15, -0.1) is 0 Å². The molecular formula is C13H23NO5S. The smallest absolute Gasteiger partial charge is 0.306 e. The lowest BCUT2D eigenvalue weighted by molar-refractivity contribution is -0.141. The van der Waals surface area contributed by atoms with Crippen LogP contribution in [-0.2, 0) is 24.2 Å². The van der Waals surface area contributed by atoms with Crippen LogP contribution in [0.15, 0.2) is 0 Å². The third-order valence-electron chi connectivity index (χ3n) is 3.10. The minimum atomic E-state index is -3.52. The van der Waals surface area contributed by atoms with E-state index in [1.54, 1.807) is 20.8 Å². The van der Waals surface area contributed by atoms with Gasteiger partial charge in [0.05, 0.1) is 19.3 Å². The van der Waals surface area contributed by atoms with Crippen LogP contribution in [0.5, 0.6) is 0 Å². The average molecular weight is 305 g/mol. The molecule has 1 aliphatic rings. The molecule has 20 heavy (non-hydrogen) atoms. The average Bonchev–Trinajstić information content (AvgIpc) is 2.91. The van der Waals surface area contributed by atoms with Gasteiger partial charge in [-0.2, -0.15) is 0 Å². The molecule has 0 atom stereocenters. The first-order valence-corrected chi connectivity index (χ1v) is 8.37. The zero-order valence-electron chi connectivity index (χ0n) is 12.5. The molecule has 1 aliphatic carbocycles. The third-order valence-corrected chi connectivity index (χ3v) is 4.85. The van der Waals surface area contributed by atoms with E-state index in [1.807, 2.05) is 0 Å². The van der Waals surface area contributed by atoms with E-state index in [0.717, 1.165) is 0 Å². The maximum atomic E-state index is 12.0. The van der Waals surface area contributed by atoms with Crippen LogP contribution in [0.25, 0.3) is 0 Å². The fraction of sp³-hybridized carbons (Fsp3) is 0.846. The molecule has 1 N–H and O–H groups in total. The van der Waals surface area contributed by atoms with Crippen molar-refractivity contribution in [2.24, 2.45) is 5.41 Å². The molecule has 1 amide bonds. The largest absolute Gasteiger partial charge is 0.469 e. The van der Waals surface area contributed by atoms with Crippen LogP contribution in [0.1, 0.15) is 40.0 Å². The van der Waals surface area contributed by atoms with E-state index < -0.39 is 38.4 Å². The fourth-order valence-corrected chi connectivity index (χ4v) is 4.00. The molecule has 0 bridgehead atoms. The Balaban J connectivity index is 2.58. The lowest BCUT2D eigenvalue weighted by atomic mass is 10.1. The van der Waals surface area contributed by atoms with E-state index >= 15 is 0 Å². The monoisotopic (exact) mass is 305 g/mol. The highest BCUT2D eigenvalue weighted by atomic mass is 32.2. The van der Waals surface area contributed by atoms with Crippen LogP contribution < -0.4 is 5.32 Å². The summed E-state index contributed by atoms with van der Waals surface area (Å²) in [5, 5.41) is 2.62. The molecule has 0 aromatic carbocycles. The predicted molar refractivity (Wildman–Crippen MR) is 74.8 cm³/mol. The second-order valence-corrected chi connectivity index (χ2v) is 8.65. The summed E-state index contributed by atoms with van der Waals surface area (Å²) in [7, 11) is -2.24. The van der Waals surface area contributed by atoms with Crippen LogP contribution >= 0.6 is 0 Å². The first kappa shape index (κ1) is 16.9. The Kier molecular flexibility index (Phi) is 4.84. The number of carbonyl (C=O) groups is 2. The van der Waals surface area contributed by atoms with Gasteiger partial charge in [-0.1, -0.05) is 0 Å². The molecule has 0 saturated heterocycles. The number of ether oxygens (including phenoxy) is 1. The van der Waals surface area contributed by atoms with Crippen molar-refractivity contribution in [3.05, 3.63) is 0 Å². The van der Waals surface area contributed by atoms with E-state index in [9.17, 15) is 18.0 Å². The topological polar surface area (TPSA) is 89.5 Å². The minimum Gasteiger partial charge on any atom is -0.469 e. The maximum absolute atomic E-state index is 12.0. The van der Waals surface area contributed by atoms with E-state index in [4.69, 9.17) is 0 Å². The van der Waals surface area contributed by atoms with Gasteiger partial charge in [0, 0.05) is 5.54 Å². The van der Waals surface area contributed by atoms with Gasteiger partial charge in [0.2, 0.25) is 5.91 Å². The number of nitrogens with one attached hydrogen (secondary N) is 1. The molecule has 116 valence electrons. The number of amides is 1. The molecule has 0 aliphatic heterocycles. The molecule has 1 rings (SSSR count). The van der Waals surface area contributed by atoms with E-state index in [0.29, 0.717) is 12.8 Å². The maximum Gasteiger partial charge on any atom is 0.306 e. The molecule has 1 saturated carbocycles. The van der Waals surface area contributed by atoms with Gasteiger partial charge >= 0.3 is 5.97 Å². The number of carbonyl (C=O) groups excluding carboxylic acids is 2. The fourth-order valence-electron chi connectivity index (χ4n) is 2.10. The lowest BCUT2D eigenvalue weighted by Crippen LogP contribution is -2.44. The molecule has 0 radical (unpaired) electrons. The number of hydrogen-bond donors (Lipinski definition) is 1. The molecule has 7 heteroatoms. The molecule has 1 fully saturated rings. The van der Waals surface area contributed by atoms with Gasteiger partial charge in [-0.05, 0) is 39.0 Å². The molecular weight excluding hydrogens is 282 g/mol. The number of hydrogen-bond acceptors (Lipinski definition) is 5. The van der Waals surface area contributed by atoms with Gasteiger partial charge in [-0.25, -0.2) is 8.42 Å². The van der Waals surface area contributed by atoms with Gasteiger partial charge in [0.25, 0.3) is 0 Å². The SMILES string of the molecule is COC(=O)CC1(CS(=O)(=O)CC(=O)NC(C)(C)C)CC1. The summed E-state index contributed by atoms with van der Waals surface area (Å²) in [6, 6.07) is 0. The third kappa shape index (κ3) is 5.90. The summed E-state index contributed by atoms with van der Waals surface area (Å²) in [6.45, 7) is 5.37. The van der Waals surface area contributed by atoms with Crippen LogP contribution in [-0.4, -0.2) is 44.4 Å². The normalized spacial score (nSPS) is 17.4. The van der Waals surface area contributed by atoms with Crippen molar-refractivity contribution in [3.63, 3.8) is 0 Å². The summed E-state index contributed by atoms with van der Waals surface area (Å²) in [5.41, 5.74) is -0.982. The minimum absolute atomic E-state index is 0.101. The quantitative estimate of drug-likeness (QED) is 0.728. The van der Waals surface area contributed by atoms with E-state index in [-0.39, 0.29) is 12.2 Å². The zero-order valence-corrected chi connectivity index (χ0v) is 13.3. The van der Waals surface area contributed by atoms with Crippen molar-refractivity contribution in [2.75, 3.05) is 18.6 Å². The van der Waals surface area contributed by atoms with Crippen molar-refractivity contribution < 1.29 is 22.7 Å². The van der Waals surface area contributed by atoms with Crippen molar-refractivity contribution in [3.8, 4) is 0 Å². The Morgan fingerprint density at radius 2 is 1.80 bits per heavy atom.